The third kappa shape index (κ3) is 1.87. The molecule has 4 heteroatoms. The van der Waals surface area contributed by atoms with Gasteiger partial charge in [0.05, 0.1) is 18.4 Å². The Bertz CT molecular complexity index is 348. The van der Waals surface area contributed by atoms with E-state index in [0.29, 0.717) is 18.8 Å². The molecule has 2 atom stereocenters. The van der Waals surface area contributed by atoms with Crippen LogP contribution in [-0.2, 0) is 10.3 Å². The molecule has 0 aliphatic carbocycles. The molecule has 2 heterocycles. The summed E-state index contributed by atoms with van der Waals surface area (Å²) in [6.45, 7) is 2.74. The molecule has 3 nitrogen and oxygen atoms in total. The first kappa shape index (κ1) is 10.5. The molecule has 0 spiro atoms. The highest BCUT2D eigenvalue weighted by atomic mass is 19.1. The van der Waals surface area contributed by atoms with Gasteiger partial charge >= 0.3 is 0 Å². The molecule has 2 unspecified atom stereocenters. The first-order chi connectivity index (χ1) is 7.12. The number of hydrogen-bond acceptors (Lipinski definition) is 3. The van der Waals surface area contributed by atoms with E-state index in [-0.39, 0.29) is 5.92 Å². The van der Waals surface area contributed by atoms with E-state index in [9.17, 15) is 9.50 Å². The van der Waals surface area contributed by atoms with Gasteiger partial charge in [0.15, 0.2) is 0 Å². The third-order valence-electron chi connectivity index (χ3n) is 3.04. The van der Waals surface area contributed by atoms with Crippen molar-refractivity contribution in [1.29, 1.82) is 0 Å². The normalized spacial score (nSPS) is 25.1. The van der Waals surface area contributed by atoms with E-state index in [1.54, 1.807) is 6.92 Å². The fourth-order valence-corrected chi connectivity index (χ4v) is 1.98. The van der Waals surface area contributed by atoms with Gasteiger partial charge in [0.2, 0.25) is 0 Å². The summed E-state index contributed by atoms with van der Waals surface area (Å²) in [6.07, 6.45) is 3.37. The smallest absolute Gasteiger partial charge is 0.147 e. The summed E-state index contributed by atoms with van der Waals surface area (Å²) in [5.41, 5.74) is -0.878. The predicted molar refractivity (Wildman–Crippen MR) is 52.7 cm³/mol. The van der Waals surface area contributed by atoms with Crippen molar-refractivity contribution < 1.29 is 14.2 Å². The van der Waals surface area contributed by atoms with E-state index in [0.717, 1.165) is 12.6 Å². The number of hydrogen-bond donors (Lipinski definition) is 1. The minimum Gasteiger partial charge on any atom is -0.385 e. The van der Waals surface area contributed by atoms with Gasteiger partial charge in [-0.05, 0) is 19.4 Å². The Kier molecular flexibility index (Phi) is 2.71. The van der Waals surface area contributed by atoms with Crippen LogP contribution in [0.25, 0.3) is 0 Å². The van der Waals surface area contributed by atoms with E-state index < -0.39 is 11.4 Å². The quantitative estimate of drug-likeness (QED) is 0.805. The van der Waals surface area contributed by atoms with Gasteiger partial charge in [-0.1, -0.05) is 0 Å². The second kappa shape index (κ2) is 3.87. The lowest BCUT2D eigenvalue weighted by Gasteiger charge is -2.29. The van der Waals surface area contributed by atoms with Gasteiger partial charge in [0, 0.05) is 24.3 Å². The molecule has 1 aromatic heterocycles. The Morgan fingerprint density at radius 2 is 2.47 bits per heavy atom. The fraction of sp³-hybridized carbons (Fsp3) is 0.545. The number of rotatable bonds is 2. The van der Waals surface area contributed by atoms with Gasteiger partial charge in [0.25, 0.3) is 0 Å². The second-order valence-corrected chi connectivity index (χ2v) is 4.06. The summed E-state index contributed by atoms with van der Waals surface area (Å²) < 4.78 is 18.7. The molecule has 0 bridgehead atoms. The van der Waals surface area contributed by atoms with Crippen molar-refractivity contribution >= 4 is 0 Å². The number of pyridine rings is 1. The van der Waals surface area contributed by atoms with Crippen molar-refractivity contribution in [2.75, 3.05) is 13.2 Å². The first-order valence-corrected chi connectivity index (χ1v) is 5.02. The number of aromatic nitrogens is 1. The molecule has 1 aromatic rings. The van der Waals surface area contributed by atoms with Crippen LogP contribution in [0.2, 0.25) is 0 Å². The number of nitrogens with zero attached hydrogens (tertiary/aromatic N) is 1. The Labute approximate surface area is 87.9 Å². The lowest BCUT2D eigenvalue weighted by molar-refractivity contribution is -0.0127. The van der Waals surface area contributed by atoms with Crippen molar-refractivity contribution in [3.05, 3.63) is 29.8 Å². The average Bonchev–Trinajstić information content (AvgIpc) is 2.71. The average molecular weight is 211 g/mol. The van der Waals surface area contributed by atoms with Crippen LogP contribution in [0.3, 0.4) is 0 Å². The van der Waals surface area contributed by atoms with Crippen molar-refractivity contribution in [3.63, 3.8) is 0 Å². The molecule has 1 aliphatic heterocycles. The largest absolute Gasteiger partial charge is 0.385 e. The topological polar surface area (TPSA) is 42.4 Å². The SMILES string of the molecule is CC(O)(c1ccncc1F)C1CCOC1. The van der Waals surface area contributed by atoms with E-state index in [1.165, 1.54) is 12.3 Å². The number of halogens is 1. The van der Waals surface area contributed by atoms with Crippen LogP contribution >= 0.6 is 0 Å². The number of aliphatic hydroxyl groups is 1. The summed E-state index contributed by atoms with van der Waals surface area (Å²) in [4.78, 5) is 3.67. The Balaban J connectivity index is 2.31. The van der Waals surface area contributed by atoms with E-state index >= 15 is 0 Å². The zero-order valence-electron chi connectivity index (χ0n) is 8.61. The summed E-state index contributed by atoms with van der Waals surface area (Å²) in [5, 5.41) is 10.3. The van der Waals surface area contributed by atoms with Crippen molar-refractivity contribution in [1.82, 2.24) is 4.98 Å². The number of ether oxygens (including phenoxy) is 1. The molecule has 0 radical (unpaired) electrons. The van der Waals surface area contributed by atoms with Gasteiger partial charge in [0.1, 0.15) is 5.82 Å². The standard InChI is InChI=1S/C11H14FNO2/c1-11(14,8-3-5-15-7-8)9-2-4-13-6-10(9)12/h2,4,6,8,14H,3,5,7H2,1H3. The summed E-state index contributed by atoms with van der Waals surface area (Å²) >= 11 is 0. The van der Waals surface area contributed by atoms with Gasteiger partial charge < -0.3 is 9.84 Å². The zero-order valence-corrected chi connectivity index (χ0v) is 8.61. The molecule has 15 heavy (non-hydrogen) atoms. The highest BCUT2D eigenvalue weighted by Gasteiger charge is 2.38. The Morgan fingerprint density at radius 1 is 1.67 bits per heavy atom. The highest BCUT2D eigenvalue weighted by molar-refractivity contribution is 5.21. The Hall–Kier alpha value is -1.00. The third-order valence-corrected chi connectivity index (χ3v) is 3.04. The van der Waals surface area contributed by atoms with Crippen LogP contribution in [0, 0.1) is 11.7 Å². The molecule has 1 N–H and O–H groups in total. The van der Waals surface area contributed by atoms with Gasteiger partial charge in [-0.2, -0.15) is 0 Å². The van der Waals surface area contributed by atoms with Crippen LogP contribution in [-0.4, -0.2) is 23.3 Å². The van der Waals surface area contributed by atoms with E-state index in [1.807, 2.05) is 0 Å². The maximum Gasteiger partial charge on any atom is 0.147 e. The molecule has 0 aromatic carbocycles. The lowest BCUT2D eigenvalue weighted by Crippen LogP contribution is -2.33. The fourth-order valence-electron chi connectivity index (χ4n) is 1.98. The van der Waals surface area contributed by atoms with Crippen LogP contribution in [0.15, 0.2) is 18.5 Å². The Morgan fingerprint density at radius 3 is 3.07 bits per heavy atom. The molecule has 0 saturated carbocycles. The molecular weight excluding hydrogens is 197 g/mol. The van der Waals surface area contributed by atoms with Crippen LogP contribution in [0.5, 0.6) is 0 Å². The molecular formula is C11H14FNO2. The van der Waals surface area contributed by atoms with Gasteiger partial charge in [-0.3, -0.25) is 4.98 Å². The predicted octanol–water partition coefficient (Wildman–Crippen LogP) is 1.46. The maximum absolute atomic E-state index is 13.5. The minimum atomic E-state index is -1.18. The van der Waals surface area contributed by atoms with Crippen LogP contribution in [0.1, 0.15) is 18.9 Å². The molecule has 2 rings (SSSR count). The molecule has 1 saturated heterocycles. The van der Waals surface area contributed by atoms with E-state index in [4.69, 9.17) is 4.74 Å². The van der Waals surface area contributed by atoms with Crippen LogP contribution in [0.4, 0.5) is 4.39 Å². The summed E-state index contributed by atoms with van der Waals surface area (Å²) in [7, 11) is 0. The van der Waals surface area contributed by atoms with Crippen LogP contribution < -0.4 is 0 Å². The maximum atomic E-state index is 13.5. The molecule has 1 aliphatic rings. The van der Waals surface area contributed by atoms with Gasteiger partial charge in [-0.25, -0.2) is 4.39 Å². The first-order valence-electron chi connectivity index (χ1n) is 5.02. The highest BCUT2D eigenvalue weighted by Crippen LogP contribution is 2.35. The zero-order chi connectivity index (χ0) is 10.9. The lowest BCUT2D eigenvalue weighted by atomic mass is 9.82. The van der Waals surface area contributed by atoms with Crippen molar-refractivity contribution in [3.8, 4) is 0 Å². The molecule has 82 valence electrons. The van der Waals surface area contributed by atoms with Gasteiger partial charge in [-0.15, -0.1) is 0 Å². The second-order valence-electron chi connectivity index (χ2n) is 4.06. The minimum absolute atomic E-state index is 0.0469. The summed E-state index contributed by atoms with van der Waals surface area (Å²) in [6, 6.07) is 1.52. The van der Waals surface area contributed by atoms with Crippen molar-refractivity contribution in [2.24, 2.45) is 5.92 Å². The monoisotopic (exact) mass is 211 g/mol. The molecule has 0 amide bonds. The van der Waals surface area contributed by atoms with E-state index in [2.05, 4.69) is 4.98 Å². The summed E-state index contributed by atoms with van der Waals surface area (Å²) in [5.74, 6) is -0.510. The molecule has 1 fully saturated rings. The van der Waals surface area contributed by atoms with Crippen molar-refractivity contribution in [2.45, 2.75) is 18.9 Å².